The summed E-state index contributed by atoms with van der Waals surface area (Å²) >= 11 is 1.72. The monoisotopic (exact) mass is 381 g/mol. The van der Waals surface area contributed by atoms with Gasteiger partial charge < -0.3 is 10.2 Å². The molecule has 0 aliphatic rings. The second-order valence-corrected chi connectivity index (χ2v) is 7.99. The summed E-state index contributed by atoms with van der Waals surface area (Å²) in [5.74, 6) is 1.47. The third-order valence-electron chi connectivity index (χ3n) is 4.60. The van der Waals surface area contributed by atoms with Crippen molar-refractivity contribution >= 4 is 28.6 Å². The predicted octanol–water partition coefficient (Wildman–Crippen LogP) is 4.76. The van der Waals surface area contributed by atoms with Gasteiger partial charge in [-0.1, -0.05) is 26.0 Å². The maximum absolute atomic E-state index is 11.9. The molecule has 1 aromatic heterocycles. The third kappa shape index (κ3) is 4.42. The van der Waals surface area contributed by atoms with Crippen molar-refractivity contribution in [1.29, 1.82) is 0 Å². The maximum atomic E-state index is 11.9. The summed E-state index contributed by atoms with van der Waals surface area (Å²) in [6.07, 6.45) is 0. The van der Waals surface area contributed by atoms with Crippen molar-refractivity contribution in [3.05, 3.63) is 80.7 Å². The van der Waals surface area contributed by atoms with Crippen LogP contribution in [0.1, 0.15) is 52.4 Å². The summed E-state index contributed by atoms with van der Waals surface area (Å²) < 4.78 is 5.41. The van der Waals surface area contributed by atoms with Crippen LogP contribution in [0.2, 0.25) is 0 Å². The Kier molecular flexibility index (Phi) is 5.71. The fourth-order valence-electron chi connectivity index (χ4n) is 3.18. The van der Waals surface area contributed by atoms with E-state index < -0.39 is 5.91 Å². The molecule has 0 aliphatic heterocycles. The first-order chi connectivity index (χ1) is 12.8. The summed E-state index contributed by atoms with van der Waals surface area (Å²) in [7, 11) is 0. The largest absolute Gasteiger partial charge is 0.423 e. The summed E-state index contributed by atoms with van der Waals surface area (Å²) in [6, 6.07) is 13.0. The molecule has 1 heterocycles. The quantitative estimate of drug-likeness (QED) is 0.625. The summed E-state index contributed by atoms with van der Waals surface area (Å²) in [6.45, 7) is 6.38. The number of carbonyl (C=O) groups excluding carboxylic acids is 1. The van der Waals surface area contributed by atoms with Gasteiger partial charge in [-0.05, 0) is 59.4 Å². The molecule has 0 saturated heterocycles. The van der Waals surface area contributed by atoms with Crippen LogP contribution in [-0.2, 0) is 11.5 Å². The molecule has 1 amide bonds. The Morgan fingerprint density at radius 2 is 1.81 bits per heavy atom. The average Bonchev–Trinajstić information content (AvgIpc) is 2.61. The second-order valence-electron chi connectivity index (χ2n) is 7.00. The summed E-state index contributed by atoms with van der Waals surface area (Å²) in [4.78, 5) is 23.1. The molecule has 0 saturated carbocycles. The van der Waals surface area contributed by atoms with Crippen molar-refractivity contribution in [3.63, 3.8) is 0 Å². The molecule has 0 bridgehead atoms. The molecule has 0 unspecified atom stereocenters. The van der Waals surface area contributed by atoms with Crippen molar-refractivity contribution in [2.24, 2.45) is 5.73 Å². The van der Waals surface area contributed by atoms with Gasteiger partial charge in [-0.15, -0.1) is 0 Å². The first kappa shape index (κ1) is 19.2. The van der Waals surface area contributed by atoms with Gasteiger partial charge in [0.25, 0.3) is 0 Å². The lowest BCUT2D eigenvalue weighted by atomic mass is 9.95. The van der Waals surface area contributed by atoms with Crippen LogP contribution in [0.25, 0.3) is 11.0 Å². The van der Waals surface area contributed by atoms with E-state index in [-0.39, 0.29) is 5.63 Å². The van der Waals surface area contributed by atoms with Crippen LogP contribution in [0.15, 0.2) is 51.7 Å². The van der Waals surface area contributed by atoms with Crippen molar-refractivity contribution in [3.8, 4) is 0 Å². The first-order valence-corrected chi connectivity index (χ1v) is 10.0. The van der Waals surface area contributed by atoms with Gasteiger partial charge >= 0.3 is 5.63 Å². The molecule has 0 radical (unpaired) electrons. The number of aryl methyl sites for hydroxylation is 1. The van der Waals surface area contributed by atoms with Crippen LogP contribution in [0, 0.1) is 6.92 Å². The molecule has 5 heteroatoms. The van der Waals surface area contributed by atoms with Gasteiger partial charge in [0.1, 0.15) is 5.58 Å². The Morgan fingerprint density at radius 3 is 2.44 bits per heavy atom. The van der Waals surface area contributed by atoms with E-state index in [0.29, 0.717) is 22.8 Å². The van der Waals surface area contributed by atoms with Gasteiger partial charge in [0.15, 0.2) is 0 Å². The highest BCUT2D eigenvalue weighted by Crippen LogP contribution is 2.29. The van der Waals surface area contributed by atoms with Crippen LogP contribution in [-0.4, -0.2) is 5.91 Å². The number of hydrogen-bond donors (Lipinski definition) is 1. The number of rotatable bonds is 6. The molecule has 0 atom stereocenters. The Balaban J connectivity index is 1.82. The SMILES string of the molecule is Cc1cc2oc(=O)cc(CSCc3ccc(C(N)=O)cc3)c2cc1C(C)C. The van der Waals surface area contributed by atoms with Crippen molar-refractivity contribution < 1.29 is 9.21 Å². The lowest BCUT2D eigenvalue weighted by molar-refractivity contribution is 0.100. The van der Waals surface area contributed by atoms with E-state index in [4.69, 9.17) is 10.2 Å². The predicted molar refractivity (Wildman–Crippen MR) is 111 cm³/mol. The molecule has 3 rings (SSSR count). The number of primary amides is 1. The van der Waals surface area contributed by atoms with Gasteiger partial charge in [-0.2, -0.15) is 11.8 Å². The lowest BCUT2D eigenvalue weighted by Gasteiger charge is -2.13. The van der Waals surface area contributed by atoms with Crippen molar-refractivity contribution in [2.45, 2.75) is 38.2 Å². The highest BCUT2D eigenvalue weighted by atomic mass is 32.2. The maximum Gasteiger partial charge on any atom is 0.336 e. The Labute approximate surface area is 162 Å². The van der Waals surface area contributed by atoms with E-state index in [1.165, 1.54) is 5.56 Å². The van der Waals surface area contributed by atoms with Crippen LogP contribution in [0.3, 0.4) is 0 Å². The Bertz CT molecular complexity index is 1040. The average molecular weight is 381 g/mol. The highest BCUT2D eigenvalue weighted by molar-refractivity contribution is 7.97. The molecule has 2 aromatic carbocycles. The minimum absolute atomic E-state index is 0.319. The number of thioether (sulfide) groups is 1. The van der Waals surface area contributed by atoms with E-state index in [1.807, 2.05) is 25.1 Å². The molecule has 3 aromatic rings. The topological polar surface area (TPSA) is 73.3 Å². The minimum Gasteiger partial charge on any atom is -0.423 e. The molecule has 140 valence electrons. The Hall–Kier alpha value is -2.53. The van der Waals surface area contributed by atoms with E-state index in [9.17, 15) is 9.59 Å². The van der Waals surface area contributed by atoms with E-state index in [0.717, 1.165) is 27.8 Å². The van der Waals surface area contributed by atoms with Gasteiger partial charge in [0.2, 0.25) is 5.91 Å². The third-order valence-corrected chi connectivity index (χ3v) is 5.66. The molecular formula is C22H23NO3S. The molecule has 0 fully saturated rings. The van der Waals surface area contributed by atoms with Crippen molar-refractivity contribution in [1.82, 2.24) is 0 Å². The standard InChI is InChI=1S/C22H23NO3S/c1-13(2)18-10-19-17(9-21(24)26-20(19)8-14(18)3)12-27-11-15-4-6-16(7-5-15)22(23)25/h4-10,13H,11-12H2,1-3H3,(H2,23,25). The molecule has 4 nitrogen and oxygen atoms in total. The number of nitrogens with two attached hydrogens (primary N) is 1. The van der Waals surface area contributed by atoms with E-state index in [2.05, 4.69) is 19.9 Å². The number of hydrogen-bond acceptors (Lipinski definition) is 4. The van der Waals surface area contributed by atoms with Crippen LogP contribution in [0.4, 0.5) is 0 Å². The van der Waals surface area contributed by atoms with Crippen LogP contribution >= 0.6 is 11.8 Å². The zero-order valence-corrected chi connectivity index (χ0v) is 16.6. The second kappa shape index (κ2) is 8.01. The van der Waals surface area contributed by atoms with Gasteiger partial charge in [-0.3, -0.25) is 4.79 Å². The van der Waals surface area contributed by atoms with E-state index >= 15 is 0 Å². The van der Waals surface area contributed by atoms with E-state index in [1.54, 1.807) is 30.0 Å². The summed E-state index contributed by atoms with van der Waals surface area (Å²) in [5.41, 5.74) is 10.6. The van der Waals surface area contributed by atoms with Crippen LogP contribution in [0.5, 0.6) is 0 Å². The number of carbonyl (C=O) groups is 1. The van der Waals surface area contributed by atoms with Gasteiger partial charge in [0.05, 0.1) is 0 Å². The van der Waals surface area contributed by atoms with Gasteiger partial charge in [0, 0.05) is 28.5 Å². The zero-order valence-electron chi connectivity index (χ0n) is 15.7. The number of benzene rings is 2. The normalized spacial score (nSPS) is 11.3. The van der Waals surface area contributed by atoms with Gasteiger partial charge in [-0.25, -0.2) is 4.79 Å². The molecule has 0 aliphatic carbocycles. The molecule has 2 N–H and O–H groups in total. The number of fused-ring (bicyclic) bond motifs is 1. The first-order valence-electron chi connectivity index (χ1n) is 8.89. The molecule has 0 spiro atoms. The lowest BCUT2D eigenvalue weighted by Crippen LogP contribution is -2.10. The zero-order chi connectivity index (χ0) is 19.6. The fraction of sp³-hybridized carbons (Fsp3) is 0.273. The smallest absolute Gasteiger partial charge is 0.336 e. The summed E-state index contributed by atoms with van der Waals surface area (Å²) in [5, 5.41) is 1.00. The number of amides is 1. The highest BCUT2D eigenvalue weighted by Gasteiger charge is 2.11. The van der Waals surface area contributed by atoms with Crippen LogP contribution < -0.4 is 11.4 Å². The fourth-order valence-corrected chi connectivity index (χ4v) is 4.17. The minimum atomic E-state index is -0.423. The van der Waals surface area contributed by atoms with Crippen molar-refractivity contribution in [2.75, 3.05) is 0 Å². The molecule has 27 heavy (non-hydrogen) atoms. The molecular weight excluding hydrogens is 358 g/mol. The Morgan fingerprint density at radius 1 is 1.11 bits per heavy atom.